The van der Waals surface area contributed by atoms with Crippen molar-refractivity contribution in [3.05, 3.63) is 0 Å². The molecule has 9 N–H and O–H groups in total. The third-order valence-electron chi connectivity index (χ3n) is 4.30. The van der Waals surface area contributed by atoms with E-state index < -0.39 is 73.1 Å². The first-order chi connectivity index (χ1) is 13.9. The number of carboxylic acid groups (broad SMARTS) is 2. The number of nitrogens with two attached hydrogens (primary N) is 2. The second kappa shape index (κ2) is 13.1. The van der Waals surface area contributed by atoms with Gasteiger partial charge in [-0.2, -0.15) is 0 Å². The van der Waals surface area contributed by atoms with Crippen LogP contribution in [0.3, 0.4) is 0 Å². The Balaban J connectivity index is 4.96. The Labute approximate surface area is 172 Å². The lowest BCUT2D eigenvalue weighted by Gasteiger charge is -2.23. The topological polar surface area (TPSA) is 231 Å². The van der Waals surface area contributed by atoms with Crippen LogP contribution in [0.15, 0.2) is 0 Å². The minimum atomic E-state index is -1.57. The molecule has 0 bridgehead atoms. The standard InChI is InChI=1S/C17H29N5O8/c1-3-8(2)14(19)16(28)22-9(4-5-13(25)26)15(27)20-7-12(24)21-10(17(29)30)6-11(18)23/h8-10,14H,3-7,19H2,1-2H3,(H2,18,23)(H,20,27)(H,21,24)(H,22,28)(H,25,26)(H,29,30). The number of carbonyl (C=O) groups is 6. The van der Waals surface area contributed by atoms with Crippen LogP contribution in [0.4, 0.5) is 0 Å². The Morgan fingerprint density at radius 1 is 0.967 bits per heavy atom. The molecule has 4 unspecified atom stereocenters. The van der Waals surface area contributed by atoms with Crippen LogP contribution >= 0.6 is 0 Å². The zero-order valence-electron chi connectivity index (χ0n) is 16.8. The maximum Gasteiger partial charge on any atom is 0.326 e. The lowest BCUT2D eigenvalue weighted by molar-refractivity contribution is -0.143. The van der Waals surface area contributed by atoms with Gasteiger partial charge in [-0.25, -0.2) is 4.79 Å². The van der Waals surface area contributed by atoms with Gasteiger partial charge in [0.05, 0.1) is 19.0 Å². The van der Waals surface area contributed by atoms with E-state index in [9.17, 15) is 28.8 Å². The highest BCUT2D eigenvalue weighted by Crippen LogP contribution is 2.07. The van der Waals surface area contributed by atoms with Gasteiger partial charge in [0.25, 0.3) is 0 Å². The molecular weight excluding hydrogens is 402 g/mol. The van der Waals surface area contributed by atoms with E-state index >= 15 is 0 Å². The van der Waals surface area contributed by atoms with E-state index in [0.717, 1.165) is 0 Å². The highest BCUT2D eigenvalue weighted by atomic mass is 16.4. The first kappa shape index (κ1) is 26.8. The Morgan fingerprint density at radius 2 is 1.57 bits per heavy atom. The molecule has 0 aliphatic rings. The zero-order valence-corrected chi connectivity index (χ0v) is 16.8. The van der Waals surface area contributed by atoms with Crippen LogP contribution < -0.4 is 27.4 Å². The van der Waals surface area contributed by atoms with Crippen molar-refractivity contribution in [3.63, 3.8) is 0 Å². The molecule has 30 heavy (non-hydrogen) atoms. The summed E-state index contributed by atoms with van der Waals surface area (Å²) in [6.45, 7) is 2.90. The van der Waals surface area contributed by atoms with E-state index in [0.29, 0.717) is 6.42 Å². The molecule has 0 aromatic rings. The van der Waals surface area contributed by atoms with Crippen molar-refractivity contribution in [2.75, 3.05) is 6.54 Å². The average Bonchev–Trinajstić information content (AvgIpc) is 2.66. The molecule has 0 saturated heterocycles. The minimum Gasteiger partial charge on any atom is -0.481 e. The number of nitrogens with one attached hydrogen (secondary N) is 3. The Bertz CT molecular complexity index is 669. The number of primary amides is 1. The average molecular weight is 431 g/mol. The number of hydrogen-bond acceptors (Lipinski definition) is 7. The van der Waals surface area contributed by atoms with Crippen LogP contribution in [0.2, 0.25) is 0 Å². The van der Waals surface area contributed by atoms with E-state index in [1.54, 1.807) is 6.92 Å². The fraction of sp³-hybridized carbons (Fsp3) is 0.647. The maximum atomic E-state index is 12.3. The highest BCUT2D eigenvalue weighted by Gasteiger charge is 2.27. The molecule has 4 amide bonds. The third kappa shape index (κ3) is 10.4. The predicted molar refractivity (Wildman–Crippen MR) is 103 cm³/mol. The summed E-state index contributed by atoms with van der Waals surface area (Å²) in [5.74, 6) is -6.22. The van der Waals surface area contributed by atoms with Crippen LogP contribution in [0.5, 0.6) is 0 Å². The van der Waals surface area contributed by atoms with Crippen molar-refractivity contribution in [1.82, 2.24) is 16.0 Å². The number of amides is 4. The van der Waals surface area contributed by atoms with Crippen LogP contribution in [0, 0.1) is 5.92 Å². The third-order valence-corrected chi connectivity index (χ3v) is 4.30. The summed E-state index contributed by atoms with van der Waals surface area (Å²) in [6.07, 6.45) is -0.708. The molecule has 170 valence electrons. The van der Waals surface area contributed by atoms with E-state index in [4.69, 9.17) is 21.7 Å². The van der Waals surface area contributed by atoms with Gasteiger partial charge in [-0.15, -0.1) is 0 Å². The SMILES string of the molecule is CCC(C)C(N)C(=O)NC(CCC(=O)O)C(=O)NCC(=O)NC(CC(N)=O)C(=O)O. The quantitative estimate of drug-likeness (QED) is 0.151. The first-order valence-electron chi connectivity index (χ1n) is 9.24. The fourth-order valence-corrected chi connectivity index (χ4v) is 2.25. The number of rotatable bonds is 14. The number of carboxylic acids is 2. The second-order valence-corrected chi connectivity index (χ2v) is 6.75. The van der Waals surface area contributed by atoms with Gasteiger partial charge in [0.1, 0.15) is 12.1 Å². The lowest BCUT2D eigenvalue weighted by atomic mass is 9.98. The van der Waals surface area contributed by atoms with Crippen molar-refractivity contribution in [3.8, 4) is 0 Å². The maximum absolute atomic E-state index is 12.3. The van der Waals surface area contributed by atoms with Crippen LogP contribution in [0.1, 0.15) is 39.5 Å². The summed E-state index contributed by atoms with van der Waals surface area (Å²) < 4.78 is 0. The van der Waals surface area contributed by atoms with Gasteiger partial charge in [0.2, 0.25) is 23.6 Å². The monoisotopic (exact) mass is 431 g/mol. The highest BCUT2D eigenvalue weighted by molar-refractivity contribution is 5.93. The number of hydrogen-bond donors (Lipinski definition) is 7. The molecule has 0 aromatic carbocycles. The van der Waals surface area contributed by atoms with Gasteiger partial charge < -0.3 is 37.6 Å². The van der Waals surface area contributed by atoms with Crippen molar-refractivity contribution in [1.29, 1.82) is 0 Å². The van der Waals surface area contributed by atoms with E-state index in [-0.39, 0.29) is 12.3 Å². The molecule has 0 fully saturated rings. The smallest absolute Gasteiger partial charge is 0.326 e. The van der Waals surface area contributed by atoms with Gasteiger partial charge in [-0.05, 0) is 12.3 Å². The van der Waals surface area contributed by atoms with E-state index in [1.165, 1.54) is 0 Å². The zero-order chi connectivity index (χ0) is 23.4. The van der Waals surface area contributed by atoms with E-state index in [2.05, 4.69) is 10.6 Å². The number of aliphatic carboxylic acids is 2. The molecule has 13 heteroatoms. The normalized spacial score (nSPS) is 14.5. The van der Waals surface area contributed by atoms with Gasteiger partial charge in [-0.1, -0.05) is 20.3 Å². The van der Waals surface area contributed by atoms with Crippen LogP contribution in [0.25, 0.3) is 0 Å². The molecule has 0 heterocycles. The fourth-order valence-electron chi connectivity index (χ4n) is 2.25. The summed E-state index contributed by atoms with van der Waals surface area (Å²) >= 11 is 0. The van der Waals surface area contributed by atoms with Gasteiger partial charge in [0, 0.05) is 6.42 Å². The Hall–Kier alpha value is -3.22. The molecule has 0 aliphatic heterocycles. The summed E-state index contributed by atoms with van der Waals surface area (Å²) in [6, 6.07) is -3.75. The van der Waals surface area contributed by atoms with Crippen molar-refractivity contribution in [2.24, 2.45) is 17.4 Å². The molecule has 13 nitrogen and oxygen atoms in total. The molecule has 0 aromatic heterocycles. The molecule has 0 saturated carbocycles. The molecule has 0 radical (unpaired) electrons. The summed E-state index contributed by atoms with van der Waals surface area (Å²) in [5.41, 5.74) is 10.7. The largest absolute Gasteiger partial charge is 0.481 e. The molecule has 4 atom stereocenters. The second-order valence-electron chi connectivity index (χ2n) is 6.75. The molecule has 0 aliphatic carbocycles. The molecular formula is C17H29N5O8. The van der Waals surface area contributed by atoms with Gasteiger partial charge >= 0.3 is 11.9 Å². The summed E-state index contributed by atoms with van der Waals surface area (Å²) in [7, 11) is 0. The van der Waals surface area contributed by atoms with Crippen molar-refractivity contribution in [2.45, 2.75) is 57.7 Å². The summed E-state index contributed by atoms with van der Waals surface area (Å²) in [5, 5.41) is 24.3. The van der Waals surface area contributed by atoms with Crippen molar-refractivity contribution < 1.29 is 39.0 Å². The molecule has 0 rings (SSSR count). The van der Waals surface area contributed by atoms with Gasteiger partial charge in [-0.3, -0.25) is 24.0 Å². The minimum absolute atomic E-state index is 0.183. The molecule has 0 spiro atoms. The van der Waals surface area contributed by atoms with Gasteiger partial charge in [0.15, 0.2) is 0 Å². The lowest BCUT2D eigenvalue weighted by Crippen LogP contribution is -2.54. The summed E-state index contributed by atoms with van der Waals surface area (Å²) in [4.78, 5) is 69.0. The van der Waals surface area contributed by atoms with Crippen LogP contribution in [-0.2, 0) is 28.8 Å². The van der Waals surface area contributed by atoms with Crippen molar-refractivity contribution >= 4 is 35.6 Å². The first-order valence-corrected chi connectivity index (χ1v) is 9.24. The number of carbonyl (C=O) groups excluding carboxylic acids is 4. The predicted octanol–water partition coefficient (Wildman–Crippen LogP) is -2.73. The Kier molecular flexibility index (Phi) is 11.7. The Morgan fingerprint density at radius 3 is 2.03 bits per heavy atom. The van der Waals surface area contributed by atoms with E-state index in [1.807, 2.05) is 12.2 Å². The van der Waals surface area contributed by atoms with Crippen LogP contribution in [-0.4, -0.2) is 70.5 Å².